The Morgan fingerprint density at radius 1 is 1.55 bits per heavy atom. The maximum Gasteiger partial charge on any atom is 0.147 e. The van der Waals surface area contributed by atoms with Crippen molar-refractivity contribution in [2.24, 2.45) is 5.92 Å². The molecule has 1 fully saturated rings. The van der Waals surface area contributed by atoms with Gasteiger partial charge in [-0.15, -0.1) is 0 Å². The van der Waals surface area contributed by atoms with E-state index in [-0.39, 0.29) is 0 Å². The Balaban J connectivity index is 2.54. The molecule has 2 nitrogen and oxygen atoms in total. The zero-order valence-corrected chi connectivity index (χ0v) is 7.68. The largest absolute Gasteiger partial charge is 0.332 e. The van der Waals surface area contributed by atoms with Gasteiger partial charge in [-0.3, -0.25) is 4.79 Å². The Bertz CT molecular complexity index is 156. The molecule has 0 bridgehead atoms. The summed E-state index contributed by atoms with van der Waals surface area (Å²) in [6.45, 7) is 8.59. The third-order valence-electron chi connectivity index (χ3n) is 2.78. The number of hydrogen-bond acceptors (Lipinski definition) is 1. The molecule has 1 saturated heterocycles. The molecule has 1 aliphatic rings. The van der Waals surface area contributed by atoms with Crippen molar-refractivity contribution in [2.45, 2.75) is 33.2 Å². The van der Waals surface area contributed by atoms with Gasteiger partial charge in [-0.2, -0.15) is 0 Å². The van der Waals surface area contributed by atoms with Crippen LogP contribution in [-0.4, -0.2) is 24.9 Å². The molecule has 2 heteroatoms. The van der Waals surface area contributed by atoms with E-state index in [1.807, 2.05) is 6.92 Å². The monoisotopic (exact) mass is 156 g/mol. The lowest BCUT2D eigenvalue weighted by Crippen LogP contribution is -3.17. The van der Waals surface area contributed by atoms with Gasteiger partial charge in [0, 0.05) is 0 Å². The molecule has 0 aromatic carbocycles. The van der Waals surface area contributed by atoms with Crippen LogP contribution in [0.3, 0.4) is 0 Å². The molecule has 0 amide bonds. The maximum atomic E-state index is 11.3. The summed E-state index contributed by atoms with van der Waals surface area (Å²) in [6, 6.07) is 0.545. The van der Waals surface area contributed by atoms with Gasteiger partial charge < -0.3 is 4.90 Å². The summed E-state index contributed by atoms with van der Waals surface area (Å²) in [7, 11) is 0. The van der Waals surface area contributed by atoms with Crippen LogP contribution in [0.2, 0.25) is 0 Å². The van der Waals surface area contributed by atoms with Gasteiger partial charge in [0.25, 0.3) is 0 Å². The molecular weight excluding hydrogens is 138 g/mol. The molecular formula is C9H18NO+. The van der Waals surface area contributed by atoms with E-state index in [0.29, 0.717) is 17.7 Å². The second-order valence-corrected chi connectivity index (χ2v) is 3.69. The number of Topliss-reactive ketones (excluding diaryl/α,β-unsaturated/α-hetero) is 1. The molecule has 11 heavy (non-hydrogen) atoms. The molecule has 0 aliphatic carbocycles. The van der Waals surface area contributed by atoms with Gasteiger partial charge in [0.1, 0.15) is 5.78 Å². The van der Waals surface area contributed by atoms with Crippen molar-refractivity contribution >= 4 is 5.78 Å². The predicted octanol–water partition coefficient (Wildman–Crippen LogP) is -0.111. The fraction of sp³-hybridized carbons (Fsp3) is 0.889. The number of rotatable bonds is 1. The van der Waals surface area contributed by atoms with Crippen LogP contribution in [0.4, 0.5) is 0 Å². The maximum absolute atomic E-state index is 11.3. The Kier molecular flexibility index (Phi) is 2.66. The second-order valence-electron chi connectivity index (χ2n) is 3.69. The van der Waals surface area contributed by atoms with Crippen molar-refractivity contribution in [2.75, 3.05) is 13.1 Å². The number of hydrogen-bond donors (Lipinski definition) is 1. The molecule has 1 rings (SSSR count). The lowest BCUT2D eigenvalue weighted by atomic mass is 9.94. The fourth-order valence-electron chi connectivity index (χ4n) is 1.85. The van der Waals surface area contributed by atoms with E-state index in [1.54, 1.807) is 4.90 Å². The van der Waals surface area contributed by atoms with Crippen LogP contribution in [0.5, 0.6) is 0 Å². The highest BCUT2D eigenvalue weighted by molar-refractivity contribution is 5.81. The second kappa shape index (κ2) is 3.35. The van der Waals surface area contributed by atoms with Gasteiger partial charge in [-0.25, -0.2) is 0 Å². The fourth-order valence-corrected chi connectivity index (χ4v) is 1.85. The Morgan fingerprint density at radius 2 is 2.18 bits per heavy atom. The van der Waals surface area contributed by atoms with E-state index in [1.165, 1.54) is 0 Å². The number of carbonyl (C=O) groups is 1. The van der Waals surface area contributed by atoms with Crippen LogP contribution in [0.15, 0.2) is 0 Å². The molecule has 1 unspecified atom stereocenters. The first kappa shape index (κ1) is 8.72. The summed E-state index contributed by atoms with van der Waals surface area (Å²) in [5.74, 6) is 0.746. The van der Waals surface area contributed by atoms with Crippen molar-refractivity contribution in [1.29, 1.82) is 0 Å². The van der Waals surface area contributed by atoms with Crippen molar-refractivity contribution in [1.82, 2.24) is 0 Å². The number of carbonyl (C=O) groups excluding carboxylic acids is 1. The third-order valence-corrected chi connectivity index (χ3v) is 2.78. The summed E-state index contributed by atoms with van der Waals surface area (Å²) >= 11 is 0. The number of likely N-dealkylation sites (tertiary alicyclic amines) is 1. The van der Waals surface area contributed by atoms with E-state index in [9.17, 15) is 4.79 Å². The van der Waals surface area contributed by atoms with Gasteiger partial charge in [-0.1, -0.05) is 6.92 Å². The standard InChI is InChI=1S/C9H17NO/c1-4-10-6-7(2)9(11)5-8(10)3/h7-8H,4-6H2,1-3H3/p+1/t7-,8-/m0/s1. The van der Waals surface area contributed by atoms with Crippen LogP contribution in [0.1, 0.15) is 27.2 Å². The quantitative estimate of drug-likeness (QED) is 0.562. The van der Waals surface area contributed by atoms with E-state index in [2.05, 4.69) is 13.8 Å². The Morgan fingerprint density at radius 3 is 2.73 bits per heavy atom. The highest BCUT2D eigenvalue weighted by atomic mass is 16.1. The normalized spacial score (nSPS) is 39.2. The summed E-state index contributed by atoms with van der Waals surface area (Å²) < 4.78 is 0. The number of piperidine rings is 1. The summed E-state index contributed by atoms with van der Waals surface area (Å²) in [5, 5.41) is 0. The smallest absolute Gasteiger partial charge is 0.147 e. The third kappa shape index (κ3) is 1.80. The van der Waals surface area contributed by atoms with Crippen LogP contribution >= 0.6 is 0 Å². The van der Waals surface area contributed by atoms with Crippen LogP contribution in [0.25, 0.3) is 0 Å². The average Bonchev–Trinajstić information content (AvgIpc) is 1.97. The van der Waals surface area contributed by atoms with Crippen LogP contribution in [-0.2, 0) is 4.79 Å². The first-order valence-electron chi connectivity index (χ1n) is 4.52. The minimum Gasteiger partial charge on any atom is -0.332 e. The summed E-state index contributed by atoms with van der Waals surface area (Å²) in [6.07, 6.45) is 0.782. The molecule has 1 heterocycles. The van der Waals surface area contributed by atoms with Crippen molar-refractivity contribution in [3.8, 4) is 0 Å². The predicted molar refractivity (Wildman–Crippen MR) is 44.6 cm³/mol. The molecule has 3 atom stereocenters. The molecule has 0 saturated carbocycles. The molecule has 64 valence electrons. The molecule has 1 aliphatic heterocycles. The van der Waals surface area contributed by atoms with E-state index >= 15 is 0 Å². The number of quaternary nitrogens is 1. The van der Waals surface area contributed by atoms with Gasteiger partial charge >= 0.3 is 0 Å². The molecule has 0 aromatic rings. The van der Waals surface area contributed by atoms with Crippen molar-refractivity contribution in [3.63, 3.8) is 0 Å². The van der Waals surface area contributed by atoms with E-state index in [4.69, 9.17) is 0 Å². The minimum atomic E-state index is 0.293. The van der Waals surface area contributed by atoms with Crippen molar-refractivity contribution in [3.05, 3.63) is 0 Å². The highest BCUT2D eigenvalue weighted by Gasteiger charge is 2.30. The SMILES string of the molecule is CC[NH+]1C[C@H](C)C(=O)C[C@@H]1C. The summed E-state index contributed by atoms with van der Waals surface area (Å²) in [5.41, 5.74) is 0. The zero-order valence-electron chi connectivity index (χ0n) is 7.68. The van der Waals surface area contributed by atoms with Gasteiger partial charge in [0.05, 0.1) is 31.5 Å². The van der Waals surface area contributed by atoms with Crippen LogP contribution in [0, 0.1) is 5.92 Å². The van der Waals surface area contributed by atoms with Gasteiger partial charge in [0.2, 0.25) is 0 Å². The number of ketones is 1. The zero-order chi connectivity index (χ0) is 8.43. The highest BCUT2D eigenvalue weighted by Crippen LogP contribution is 2.04. The molecule has 1 N–H and O–H groups in total. The minimum absolute atomic E-state index is 0.293. The number of nitrogens with one attached hydrogen (secondary N) is 1. The van der Waals surface area contributed by atoms with E-state index in [0.717, 1.165) is 19.5 Å². The Hall–Kier alpha value is -0.370. The van der Waals surface area contributed by atoms with Gasteiger partial charge in [0.15, 0.2) is 0 Å². The van der Waals surface area contributed by atoms with E-state index < -0.39 is 0 Å². The first-order chi connectivity index (χ1) is 5.15. The van der Waals surface area contributed by atoms with Gasteiger partial charge in [-0.05, 0) is 13.8 Å². The first-order valence-corrected chi connectivity index (χ1v) is 4.52. The van der Waals surface area contributed by atoms with Crippen molar-refractivity contribution < 1.29 is 9.69 Å². The summed E-state index contributed by atoms with van der Waals surface area (Å²) in [4.78, 5) is 12.8. The lowest BCUT2D eigenvalue weighted by molar-refractivity contribution is -0.926. The average molecular weight is 156 g/mol. The molecule has 0 spiro atoms. The topological polar surface area (TPSA) is 21.5 Å². The lowest BCUT2D eigenvalue weighted by Gasteiger charge is -2.31. The molecule has 0 aromatic heterocycles. The Labute approximate surface area is 68.6 Å². The molecule has 0 radical (unpaired) electrons. The van der Waals surface area contributed by atoms with Crippen LogP contribution < -0.4 is 4.90 Å².